The van der Waals surface area contributed by atoms with Gasteiger partial charge in [0.1, 0.15) is 0 Å². The third kappa shape index (κ3) is 4.68. The third-order valence-electron chi connectivity index (χ3n) is 4.34. The Hall–Kier alpha value is -1.14. The maximum absolute atomic E-state index is 12.2. The SMILES string of the molecule is CC1CN(C(=O)CNC2CCCC(C(=O)O)C2)CC(C)O1. The average molecular weight is 298 g/mol. The van der Waals surface area contributed by atoms with Gasteiger partial charge in [-0.25, -0.2) is 0 Å². The number of carboxylic acid groups (broad SMARTS) is 1. The number of nitrogens with one attached hydrogen (secondary N) is 1. The zero-order chi connectivity index (χ0) is 15.4. The highest BCUT2D eigenvalue weighted by atomic mass is 16.5. The van der Waals surface area contributed by atoms with Crippen LogP contribution in [0.5, 0.6) is 0 Å². The zero-order valence-corrected chi connectivity index (χ0v) is 12.9. The fourth-order valence-electron chi connectivity index (χ4n) is 3.32. The quantitative estimate of drug-likeness (QED) is 0.804. The van der Waals surface area contributed by atoms with E-state index in [1.54, 1.807) is 0 Å². The van der Waals surface area contributed by atoms with Crippen LogP contribution in [0.1, 0.15) is 39.5 Å². The molecule has 2 rings (SSSR count). The van der Waals surface area contributed by atoms with Gasteiger partial charge in [-0.1, -0.05) is 6.42 Å². The van der Waals surface area contributed by atoms with E-state index in [1.165, 1.54) is 0 Å². The average Bonchev–Trinajstić information content (AvgIpc) is 2.44. The van der Waals surface area contributed by atoms with Crippen molar-refractivity contribution in [3.05, 3.63) is 0 Å². The van der Waals surface area contributed by atoms with Crippen LogP contribution >= 0.6 is 0 Å². The highest BCUT2D eigenvalue weighted by molar-refractivity contribution is 5.78. The van der Waals surface area contributed by atoms with Crippen LogP contribution in [0.2, 0.25) is 0 Å². The van der Waals surface area contributed by atoms with Crippen molar-refractivity contribution in [2.24, 2.45) is 5.92 Å². The molecule has 6 nitrogen and oxygen atoms in total. The molecule has 0 bridgehead atoms. The first-order valence-electron chi connectivity index (χ1n) is 7.85. The van der Waals surface area contributed by atoms with E-state index >= 15 is 0 Å². The van der Waals surface area contributed by atoms with Gasteiger partial charge in [-0.3, -0.25) is 9.59 Å². The number of amides is 1. The molecule has 0 aromatic heterocycles. The summed E-state index contributed by atoms with van der Waals surface area (Å²) in [6.07, 6.45) is 3.38. The number of nitrogens with zero attached hydrogens (tertiary/aromatic N) is 1. The minimum atomic E-state index is -0.719. The second-order valence-corrected chi connectivity index (χ2v) is 6.34. The number of hydrogen-bond acceptors (Lipinski definition) is 4. The number of carbonyl (C=O) groups excluding carboxylic acids is 1. The molecule has 1 saturated carbocycles. The van der Waals surface area contributed by atoms with Crippen molar-refractivity contribution in [3.8, 4) is 0 Å². The summed E-state index contributed by atoms with van der Waals surface area (Å²) in [5.41, 5.74) is 0. The number of ether oxygens (including phenoxy) is 1. The monoisotopic (exact) mass is 298 g/mol. The molecule has 1 aliphatic heterocycles. The van der Waals surface area contributed by atoms with Crippen LogP contribution in [0.3, 0.4) is 0 Å². The van der Waals surface area contributed by atoms with Crippen molar-refractivity contribution >= 4 is 11.9 Å². The Morgan fingerprint density at radius 1 is 1.24 bits per heavy atom. The molecule has 1 heterocycles. The number of carbonyl (C=O) groups is 2. The maximum atomic E-state index is 12.2. The fraction of sp³-hybridized carbons (Fsp3) is 0.867. The summed E-state index contributed by atoms with van der Waals surface area (Å²) in [6.45, 7) is 5.50. The van der Waals surface area contributed by atoms with Gasteiger partial charge >= 0.3 is 5.97 Å². The lowest BCUT2D eigenvalue weighted by atomic mass is 9.86. The Labute approximate surface area is 125 Å². The summed E-state index contributed by atoms with van der Waals surface area (Å²) in [7, 11) is 0. The molecule has 21 heavy (non-hydrogen) atoms. The first-order chi connectivity index (χ1) is 9.95. The third-order valence-corrected chi connectivity index (χ3v) is 4.34. The number of rotatable bonds is 4. The largest absolute Gasteiger partial charge is 0.481 e. The van der Waals surface area contributed by atoms with Crippen LogP contribution in [0.15, 0.2) is 0 Å². The van der Waals surface area contributed by atoms with Crippen LogP contribution in [0, 0.1) is 5.92 Å². The number of morpholine rings is 1. The second kappa shape index (κ2) is 7.22. The molecule has 0 radical (unpaired) electrons. The Balaban J connectivity index is 1.77. The van der Waals surface area contributed by atoms with Gasteiger partial charge in [-0.05, 0) is 33.1 Å². The normalized spacial score (nSPS) is 33.7. The predicted molar refractivity (Wildman–Crippen MR) is 78.0 cm³/mol. The lowest BCUT2D eigenvalue weighted by Gasteiger charge is -2.36. The van der Waals surface area contributed by atoms with Crippen molar-refractivity contribution in [2.75, 3.05) is 19.6 Å². The molecule has 4 atom stereocenters. The van der Waals surface area contributed by atoms with Gasteiger partial charge in [0.15, 0.2) is 0 Å². The van der Waals surface area contributed by atoms with E-state index in [0.717, 1.165) is 19.3 Å². The van der Waals surface area contributed by atoms with Crippen LogP contribution in [-0.4, -0.2) is 59.8 Å². The second-order valence-electron chi connectivity index (χ2n) is 6.34. The number of carboxylic acids is 1. The summed E-state index contributed by atoms with van der Waals surface area (Å²) in [5, 5.41) is 12.3. The molecule has 1 aliphatic carbocycles. The highest BCUT2D eigenvalue weighted by Gasteiger charge is 2.29. The van der Waals surface area contributed by atoms with E-state index in [1.807, 2.05) is 18.7 Å². The van der Waals surface area contributed by atoms with E-state index < -0.39 is 5.97 Å². The summed E-state index contributed by atoms with van der Waals surface area (Å²) in [6, 6.07) is 0.139. The molecule has 0 spiro atoms. The van der Waals surface area contributed by atoms with Crippen LogP contribution in [-0.2, 0) is 14.3 Å². The predicted octanol–water partition coefficient (Wildman–Crippen LogP) is 0.855. The Kier molecular flexibility index (Phi) is 5.58. The number of hydrogen-bond donors (Lipinski definition) is 2. The van der Waals surface area contributed by atoms with Crippen molar-refractivity contribution in [1.29, 1.82) is 0 Å². The van der Waals surface area contributed by atoms with Crippen LogP contribution < -0.4 is 5.32 Å². The smallest absolute Gasteiger partial charge is 0.306 e. The minimum absolute atomic E-state index is 0.0729. The summed E-state index contributed by atoms with van der Waals surface area (Å²) in [4.78, 5) is 25.1. The molecule has 4 unspecified atom stereocenters. The molecule has 1 saturated heterocycles. The van der Waals surface area contributed by atoms with Crippen molar-refractivity contribution < 1.29 is 19.4 Å². The van der Waals surface area contributed by atoms with Crippen molar-refractivity contribution in [2.45, 2.75) is 57.8 Å². The lowest BCUT2D eigenvalue weighted by Crippen LogP contribution is -2.51. The lowest BCUT2D eigenvalue weighted by molar-refractivity contribution is -0.143. The standard InChI is InChI=1S/C15H26N2O4/c1-10-8-17(9-11(2)21-10)14(18)7-16-13-5-3-4-12(6-13)15(19)20/h10-13,16H,3-9H2,1-2H3,(H,19,20). The van der Waals surface area contributed by atoms with E-state index in [0.29, 0.717) is 19.5 Å². The topological polar surface area (TPSA) is 78.9 Å². The van der Waals surface area contributed by atoms with E-state index in [-0.39, 0.29) is 36.6 Å². The fourth-order valence-corrected chi connectivity index (χ4v) is 3.32. The van der Waals surface area contributed by atoms with Crippen molar-refractivity contribution in [1.82, 2.24) is 10.2 Å². The summed E-state index contributed by atoms with van der Waals surface area (Å²) < 4.78 is 5.62. The molecule has 2 aliphatic rings. The van der Waals surface area contributed by atoms with Gasteiger partial charge in [0.05, 0.1) is 24.7 Å². The van der Waals surface area contributed by atoms with Crippen molar-refractivity contribution in [3.63, 3.8) is 0 Å². The van der Waals surface area contributed by atoms with Gasteiger partial charge in [-0.2, -0.15) is 0 Å². The minimum Gasteiger partial charge on any atom is -0.481 e. The number of aliphatic carboxylic acids is 1. The maximum Gasteiger partial charge on any atom is 0.306 e. The zero-order valence-electron chi connectivity index (χ0n) is 12.9. The Morgan fingerprint density at radius 3 is 2.52 bits per heavy atom. The van der Waals surface area contributed by atoms with Crippen LogP contribution in [0.25, 0.3) is 0 Å². The molecular weight excluding hydrogens is 272 g/mol. The molecule has 0 aromatic rings. The molecule has 2 N–H and O–H groups in total. The first-order valence-corrected chi connectivity index (χ1v) is 7.85. The molecule has 1 amide bonds. The van der Waals surface area contributed by atoms with Gasteiger partial charge in [0, 0.05) is 19.1 Å². The molecular formula is C15H26N2O4. The summed E-state index contributed by atoms with van der Waals surface area (Å²) >= 11 is 0. The van der Waals surface area contributed by atoms with E-state index in [9.17, 15) is 9.59 Å². The van der Waals surface area contributed by atoms with Gasteiger partial charge in [0.2, 0.25) is 5.91 Å². The van der Waals surface area contributed by atoms with Gasteiger partial charge in [-0.15, -0.1) is 0 Å². The highest BCUT2D eigenvalue weighted by Crippen LogP contribution is 2.24. The Bertz CT molecular complexity index is 378. The first kappa shape index (κ1) is 16.2. The summed E-state index contributed by atoms with van der Waals surface area (Å²) in [5.74, 6) is -0.909. The Morgan fingerprint density at radius 2 is 1.90 bits per heavy atom. The van der Waals surface area contributed by atoms with Gasteiger partial charge < -0.3 is 20.1 Å². The van der Waals surface area contributed by atoms with E-state index in [4.69, 9.17) is 9.84 Å². The molecule has 6 heteroatoms. The molecule has 0 aromatic carbocycles. The van der Waals surface area contributed by atoms with Gasteiger partial charge in [0.25, 0.3) is 0 Å². The van der Waals surface area contributed by atoms with E-state index in [2.05, 4.69) is 5.32 Å². The molecule has 120 valence electrons. The van der Waals surface area contributed by atoms with Crippen LogP contribution in [0.4, 0.5) is 0 Å². The molecule has 2 fully saturated rings.